The van der Waals surface area contributed by atoms with Crippen LogP contribution in [-0.2, 0) is 19.0 Å². The molecule has 0 aliphatic heterocycles. The molecule has 8 heteroatoms. The summed E-state index contributed by atoms with van der Waals surface area (Å²) in [6, 6.07) is 0. The number of ether oxygens (including phenoxy) is 1. The van der Waals surface area contributed by atoms with Gasteiger partial charge >= 0.3 is 0 Å². The van der Waals surface area contributed by atoms with Gasteiger partial charge in [0.1, 0.15) is 12.2 Å². The Morgan fingerprint density at radius 1 is 1.18 bits per heavy atom. The van der Waals surface area contributed by atoms with Gasteiger partial charge in [-0.15, -0.1) is 0 Å². The number of aliphatic hydroxyl groups excluding tert-OH is 3. The van der Waals surface area contributed by atoms with Crippen molar-refractivity contribution in [3.63, 3.8) is 0 Å². The van der Waals surface area contributed by atoms with Gasteiger partial charge in [-0.3, -0.25) is 4.18 Å². The fraction of sp³-hybridized carbons (Fsp3) is 1.00. The predicted molar refractivity (Wildman–Crippen MR) is 59.9 cm³/mol. The van der Waals surface area contributed by atoms with E-state index < -0.39 is 35.5 Å². The third kappa shape index (κ3) is 8.47. The summed E-state index contributed by atoms with van der Waals surface area (Å²) in [5, 5.41) is 26.4. The third-order valence-corrected chi connectivity index (χ3v) is 3.24. The minimum atomic E-state index is -3.65. The lowest BCUT2D eigenvalue weighted by Gasteiger charge is -2.16. The van der Waals surface area contributed by atoms with Crippen molar-refractivity contribution in [2.45, 2.75) is 25.6 Å². The molecule has 0 aromatic heterocycles. The summed E-state index contributed by atoms with van der Waals surface area (Å²) in [6.45, 7) is 0.431. The largest absolute Gasteiger partial charge is 0.394 e. The van der Waals surface area contributed by atoms with Gasteiger partial charge in [0.25, 0.3) is 10.1 Å². The van der Waals surface area contributed by atoms with Gasteiger partial charge in [-0.1, -0.05) is 6.92 Å². The summed E-state index contributed by atoms with van der Waals surface area (Å²) in [5.74, 6) is -0.122. The molecule has 0 rings (SSSR count). The molecule has 0 fully saturated rings. The highest BCUT2D eigenvalue weighted by atomic mass is 32.2. The average Bonchev–Trinajstić information content (AvgIpc) is 2.27. The molecule has 0 amide bonds. The van der Waals surface area contributed by atoms with Gasteiger partial charge in [-0.2, -0.15) is 8.42 Å². The average molecular weight is 272 g/mol. The van der Waals surface area contributed by atoms with Gasteiger partial charge in [0, 0.05) is 0 Å². The molecule has 2 atom stereocenters. The van der Waals surface area contributed by atoms with Gasteiger partial charge in [0.2, 0.25) is 0 Å². The molecule has 0 saturated carbocycles. The summed E-state index contributed by atoms with van der Waals surface area (Å²) in [4.78, 5) is 0. The highest BCUT2D eigenvalue weighted by Gasteiger charge is 2.18. The van der Waals surface area contributed by atoms with Crippen LogP contribution in [0.3, 0.4) is 0 Å². The summed E-state index contributed by atoms with van der Waals surface area (Å²) in [7, 11) is -3.65. The Labute approximate surface area is 101 Å². The van der Waals surface area contributed by atoms with Crippen molar-refractivity contribution in [1.82, 2.24) is 0 Å². The molecule has 0 aromatic carbocycles. The molecule has 2 unspecified atom stereocenters. The summed E-state index contributed by atoms with van der Waals surface area (Å²) in [6.07, 6.45) is -1.59. The first kappa shape index (κ1) is 16.8. The normalized spacial score (nSPS) is 15.8. The standard InChI is InChI=1S/C9H20O7S/c1-2-3-17(13,14)16-9(5-11)7-15-6-8(12)4-10/h8-12H,2-7H2,1H3. The number of hydrogen-bond donors (Lipinski definition) is 3. The SMILES string of the molecule is CCCS(=O)(=O)OC(CO)COCC(O)CO. The zero-order chi connectivity index (χ0) is 13.3. The topological polar surface area (TPSA) is 113 Å². The lowest BCUT2D eigenvalue weighted by atomic mass is 10.4. The van der Waals surface area contributed by atoms with Crippen molar-refractivity contribution in [1.29, 1.82) is 0 Å². The smallest absolute Gasteiger partial charge is 0.267 e. The van der Waals surface area contributed by atoms with Gasteiger partial charge in [0.15, 0.2) is 0 Å². The van der Waals surface area contributed by atoms with Crippen LogP contribution < -0.4 is 0 Å². The first-order chi connectivity index (χ1) is 7.95. The monoisotopic (exact) mass is 272 g/mol. The second kappa shape index (κ2) is 8.78. The molecule has 0 heterocycles. The second-order valence-corrected chi connectivity index (χ2v) is 5.25. The van der Waals surface area contributed by atoms with Crippen LogP contribution in [0.1, 0.15) is 13.3 Å². The fourth-order valence-corrected chi connectivity index (χ4v) is 2.13. The molecule has 17 heavy (non-hydrogen) atoms. The van der Waals surface area contributed by atoms with Crippen molar-refractivity contribution in [2.75, 3.05) is 32.2 Å². The van der Waals surface area contributed by atoms with Crippen LogP contribution in [0.2, 0.25) is 0 Å². The van der Waals surface area contributed by atoms with Crippen molar-refractivity contribution >= 4 is 10.1 Å². The van der Waals surface area contributed by atoms with Crippen molar-refractivity contribution in [2.24, 2.45) is 0 Å². The molecule has 0 saturated heterocycles. The van der Waals surface area contributed by atoms with E-state index >= 15 is 0 Å². The molecule has 0 bridgehead atoms. The number of rotatable bonds is 10. The molecule has 104 valence electrons. The Morgan fingerprint density at radius 2 is 1.82 bits per heavy atom. The summed E-state index contributed by atoms with van der Waals surface area (Å²) >= 11 is 0. The van der Waals surface area contributed by atoms with E-state index in [4.69, 9.17) is 24.2 Å². The van der Waals surface area contributed by atoms with Crippen molar-refractivity contribution in [3.05, 3.63) is 0 Å². The second-order valence-electron chi connectivity index (χ2n) is 3.54. The molecule has 0 aliphatic rings. The van der Waals surface area contributed by atoms with E-state index in [-0.39, 0.29) is 19.0 Å². The lowest BCUT2D eigenvalue weighted by Crippen LogP contribution is -2.30. The fourth-order valence-electron chi connectivity index (χ4n) is 1.00. The van der Waals surface area contributed by atoms with E-state index in [1.54, 1.807) is 6.92 Å². The molecule has 0 spiro atoms. The Balaban J connectivity index is 4.00. The molecular weight excluding hydrogens is 252 g/mol. The van der Waals surface area contributed by atoms with Gasteiger partial charge in [-0.05, 0) is 6.42 Å². The zero-order valence-electron chi connectivity index (χ0n) is 9.78. The van der Waals surface area contributed by atoms with Gasteiger partial charge < -0.3 is 20.1 Å². The van der Waals surface area contributed by atoms with Crippen molar-refractivity contribution < 1.29 is 32.7 Å². The molecule has 7 nitrogen and oxygen atoms in total. The van der Waals surface area contributed by atoms with Crippen molar-refractivity contribution in [3.8, 4) is 0 Å². The highest BCUT2D eigenvalue weighted by Crippen LogP contribution is 2.03. The first-order valence-corrected chi connectivity index (χ1v) is 6.91. The first-order valence-electron chi connectivity index (χ1n) is 5.33. The van der Waals surface area contributed by atoms with Gasteiger partial charge in [0.05, 0.1) is 32.2 Å². The number of hydrogen-bond acceptors (Lipinski definition) is 7. The zero-order valence-corrected chi connectivity index (χ0v) is 10.6. The summed E-state index contributed by atoms with van der Waals surface area (Å²) in [5.41, 5.74) is 0. The van der Waals surface area contributed by atoms with Crippen LogP contribution in [0, 0.1) is 0 Å². The maximum absolute atomic E-state index is 11.3. The maximum Gasteiger partial charge on any atom is 0.267 e. The summed E-state index contributed by atoms with van der Waals surface area (Å²) < 4.78 is 32.1. The van der Waals surface area contributed by atoms with E-state index in [0.29, 0.717) is 6.42 Å². The van der Waals surface area contributed by atoms with Crippen LogP contribution in [0.25, 0.3) is 0 Å². The molecular formula is C9H20O7S. The third-order valence-electron chi connectivity index (χ3n) is 1.77. The Bertz CT molecular complexity index is 277. The van der Waals surface area contributed by atoms with E-state index in [1.165, 1.54) is 0 Å². The van der Waals surface area contributed by atoms with E-state index in [1.807, 2.05) is 0 Å². The van der Waals surface area contributed by atoms with E-state index in [2.05, 4.69) is 0 Å². The predicted octanol–water partition coefficient (Wildman–Crippen LogP) is -1.53. The van der Waals surface area contributed by atoms with Crippen LogP contribution >= 0.6 is 0 Å². The van der Waals surface area contributed by atoms with Crippen LogP contribution in [0.4, 0.5) is 0 Å². The molecule has 0 aromatic rings. The molecule has 3 N–H and O–H groups in total. The van der Waals surface area contributed by atoms with Gasteiger partial charge in [-0.25, -0.2) is 0 Å². The highest BCUT2D eigenvalue weighted by molar-refractivity contribution is 7.86. The Morgan fingerprint density at radius 3 is 2.29 bits per heavy atom. The molecule has 0 aliphatic carbocycles. The quantitative estimate of drug-likeness (QED) is 0.414. The molecule has 0 radical (unpaired) electrons. The maximum atomic E-state index is 11.3. The lowest BCUT2D eigenvalue weighted by molar-refractivity contribution is -0.0279. The van der Waals surface area contributed by atoms with E-state index in [0.717, 1.165) is 0 Å². The minimum absolute atomic E-state index is 0.122. The minimum Gasteiger partial charge on any atom is -0.394 e. The van der Waals surface area contributed by atoms with E-state index in [9.17, 15) is 8.42 Å². The Hall–Kier alpha value is -0.250. The Kier molecular flexibility index (Phi) is 8.66. The van der Waals surface area contributed by atoms with Crippen LogP contribution in [0.5, 0.6) is 0 Å². The number of aliphatic hydroxyl groups is 3. The van der Waals surface area contributed by atoms with Crippen LogP contribution in [0.15, 0.2) is 0 Å². The van der Waals surface area contributed by atoms with Crippen LogP contribution in [-0.4, -0.2) is 68.1 Å².